The third-order valence-corrected chi connectivity index (χ3v) is 6.58. The molecule has 2 N–H and O–H groups in total. The van der Waals surface area contributed by atoms with Crippen molar-refractivity contribution in [3.8, 4) is 17.0 Å². The SMILES string of the molecule is COc1ccc(-c2[nH]c(C3(C)CCN(c4ncnc5[nH]nc(C)c45)CC3)nc2C)cc1F. The minimum atomic E-state index is -0.384. The molecule has 3 aromatic heterocycles. The molecule has 0 bridgehead atoms. The Kier molecular flexibility index (Phi) is 4.83. The highest BCUT2D eigenvalue weighted by Crippen LogP contribution is 2.38. The third-order valence-electron chi connectivity index (χ3n) is 6.58. The van der Waals surface area contributed by atoms with Gasteiger partial charge in [0.2, 0.25) is 0 Å². The number of anilines is 1. The molecule has 1 aliphatic rings. The van der Waals surface area contributed by atoms with Gasteiger partial charge in [-0.25, -0.2) is 19.3 Å². The van der Waals surface area contributed by atoms with Crippen molar-refractivity contribution >= 4 is 16.9 Å². The van der Waals surface area contributed by atoms with Crippen molar-refractivity contribution in [3.63, 3.8) is 0 Å². The summed E-state index contributed by atoms with van der Waals surface area (Å²) in [4.78, 5) is 19.5. The van der Waals surface area contributed by atoms with Crippen molar-refractivity contribution in [2.24, 2.45) is 0 Å². The number of hydrogen-bond acceptors (Lipinski definition) is 6. The van der Waals surface area contributed by atoms with Crippen LogP contribution in [0.4, 0.5) is 10.2 Å². The fourth-order valence-electron chi connectivity index (χ4n) is 4.52. The summed E-state index contributed by atoms with van der Waals surface area (Å²) < 4.78 is 19.3. The van der Waals surface area contributed by atoms with Gasteiger partial charge < -0.3 is 14.6 Å². The highest BCUT2D eigenvalue weighted by Gasteiger charge is 2.36. The zero-order valence-corrected chi connectivity index (χ0v) is 18.7. The molecule has 0 unspecified atom stereocenters. The number of halogens is 1. The number of methoxy groups -OCH3 is 1. The zero-order chi connectivity index (χ0) is 22.5. The van der Waals surface area contributed by atoms with Crippen molar-refractivity contribution in [1.82, 2.24) is 30.1 Å². The molecule has 1 aromatic carbocycles. The van der Waals surface area contributed by atoms with Crippen LogP contribution in [-0.2, 0) is 5.41 Å². The topological polar surface area (TPSA) is 95.6 Å². The van der Waals surface area contributed by atoms with Crippen molar-refractivity contribution < 1.29 is 9.13 Å². The number of nitrogens with zero attached hydrogens (tertiary/aromatic N) is 5. The molecule has 32 heavy (non-hydrogen) atoms. The van der Waals surface area contributed by atoms with Gasteiger partial charge in [-0.2, -0.15) is 5.10 Å². The lowest BCUT2D eigenvalue weighted by Gasteiger charge is -2.38. The minimum Gasteiger partial charge on any atom is -0.494 e. The Hall–Kier alpha value is -3.49. The number of rotatable bonds is 4. The monoisotopic (exact) mass is 435 g/mol. The standard InChI is InChI=1S/C23H26FN7O/c1-13-18-20(30-29-13)25-12-26-21(18)31-9-7-23(3,8-10-31)22-27-14(2)19(28-22)15-5-6-17(32-4)16(24)11-15/h5-6,11-12H,7-10H2,1-4H3,(H,27,28)(H,25,26,29,30). The Labute approximate surface area is 185 Å². The summed E-state index contributed by atoms with van der Waals surface area (Å²) >= 11 is 0. The molecule has 166 valence electrons. The van der Waals surface area contributed by atoms with E-state index in [1.807, 2.05) is 19.9 Å². The van der Waals surface area contributed by atoms with Crippen molar-refractivity contribution in [2.75, 3.05) is 25.1 Å². The van der Waals surface area contributed by atoms with Gasteiger partial charge in [0.15, 0.2) is 17.2 Å². The highest BCUT2D eigenvalue weighted by molar-refractivity contribution is 5.89. The second kappa shape index (κ2) is 7.58. The second-order valence-corrected chi connectivity index (χ2v) is 8.67. The number of aromatic nitrogens is 6. The average Bonchev–Trinajstić information content (AvgIpc) is 3.38. The molecule has 1 fully saturated rings. The van der Waals surface area contributed by atoms with E-state index in [9.17, 15) is 4.39 Å². The van der Waals surface area contributed by atoms with Crippen LogP contribution >= 0.6 is 0 Å². The van der Waals surface area contributed by atoms with Gasteiger partial charge in [-0.3, -0.25) is 5.10 Å². The molecular formula is C23H26FN7O. The molecule has 1 aliphatic heterocycles. The predicted molar refractivity (Wildman–Crippen MR) is 120 cm³/mol. The van der Waals surface area contributed by atoms with E-state index in [2.05, 4.69) is 37.0 Å². The van der Waals surface area contributed by atoms with Gasteiger partial charge in [0.25, 0.3) is 0 Å². The van der Waals surface area contributed by atoms with Crippen LogP contribution in [0.25, 0.3) is 22.3 Å². The number of H-pyrrole nitrogens is 2. The molecule has 9 heteroatoms. The van der Waals surface area contributed by atoms with Crippen molar-refractivity contribution in [3.05, 3.63) is 47.6 Å². The lowest BCUT2D eigenvalue weighted by molar-refractivity contribution is 0.345. The molecule has 1 saturated heterocycles. The fraction of sp³-hybridized carbons (Fsp3) is 0.391. The van der Waals surface area contributed by atoms with E-state index in [0.29, 0.717) is 0 Å². The quantitative estimate of drug-likeness (QED) is 0.502. The maximum atomic E-state index is 14.2. The lowest BCUT2D eigenvalue weighted by atomic mass is 9.79. The van der Waals surface area contributed by atoms with Crippen molar-refractivity contribution in [2.45, 2.75) is 39.0 Å². The number of benzene rings is 1. The Morgan fingerprint density at radius 1 is 1.12 bits per heavy atom. The third kappa shape index (κ3) is 3.28. The maximum absolute atomic E-state index is 14.2. The van der Waals surface area contributed by atoms with Crippen LogP contribution < -0.4 is 9.64 Å². The van der Waals surface area contributed by atoms with Crippen LogP contribution in [0.1, 0.15) is 37.0 Å². The second-order valence-electron chi connectivity index (χ2n) is 8.67. The average molecular weight is 436 g/mol. The van der Waals surface area contributed by atoms with E-state index < -0.39 is 0 Å². The molecule has 0 saturated carbocycles. The van der Waals surface area contributed by atoms with Crippen LogP contribution in [0.15, 0.2) is 24.5 Å². The summed E-state index contributed by atoms with van der Waals surface area (Å²) in [5.74, 6) is 1.71. The molecule has 0 spiro atoms. The molecule has 0 radical (unpaired) electrons. The first-order valence-corrected chi connectivity index (χ1v) is 10.7. The van der Waals surface area contributed by atoms with Gasteiger partial charge in [-0.1, -0.05) is 6.92 Å². The summed E-state index contributed by atoms with van der Waals surface area (Å²) in [5.41, 5.74) is 4.03. The first kappa shape index (κ1) is 20.4. The van der Waals surface area contributed by atoms with Gasteiger partial charge in [0.05, 0.1) is 29.6 Å². The first-order chi connectivity index (χ1) is 15.4. The van der Waals surface area contributed by atoms with Gasteiger partial charge >= 0.3 is 0 Å². The van der Waals surface area contributed by atoms with Crippen LogP contribution in [0, 0.1) is 19.7 Å². The molecule has 4 heterocycles. The number of imidazole rings is 1. The number of piperidine rings is 1. The molecule has 5 rings (SSSR count). The van der Waals surface area contributed by atoms with E-state index >= 15 is 0 Å². The summed E-state index contributed by atoms with van der Waals surface area (Å²) in [6, 6.07) is 4.98. The van der Waals surface area contributed by atoms with E-state index in [0.717, 1.165) is 71.3 Å². The minimum absolute atomic E-state index is 0.109. The molecular weight excluding hydrogens is 409 g/mol. The predicted octanol–water partition coefficient (Wildman–Crippen LogP) is 4.07. The van der Waals surface area contributed by atoms with Gasteiger partial charge in [0.1, 0.15) is 18.0 Å². The number of fused-ring (bicyclic) bond motifs is 1. The Morgan fingerprint density at radius 3 is 2.62 bits per heavy atom. The van der Waals surface area contributed by atoms with Crippen LogP contribution in [0.2, 0.25) is 0 Å². The van der Waals surface area contributed by atoms with Crippen molar-refractivity contribution in [1.29, 1.82) is 0 Å². The number of aromatic amines is 2. The summed E-state index contributed by atoms with van der Waals surface area (Å²) in [6.07, 6.45) is 3.41. The summed E-state index contributed by atoms with van der Waals surface area (Å²) in [5, 5.41) is 8.23. The molecule has 0 amide bonds. The number of hydrogen-bond donors (Lipinski definition) is 2. The Balaban J connectivity index is 1.39. The van der Waals surface area contributed by atoms with Crippen LogP contribution in [0.5, 0.6) is 5.75 Å². The maximum Gasteiger partial charge on any atom is 0.165 e. The smallest absolute Gasteiger partial charge is 0.165 e. The first-order valence-electron chi connectivity index (χ1n) is 10.7. The van der Waals surface area contributed by atoms with Crippen LogP contribution in [0.3, 0.4) is 0 Å². The van der Waals surface area contributed by atoms with Crippen LogP contribution in [-0.4, -0.2) is 50.3 Å². The molecule has 4 aromatic rings. The number of ether oxygens (including phenoxy) is 1. The number of nitrogens with one attached hydrogen (secondary N) is 2. The van der Waals surface area contributed by atoms with E-state index in [1.54, 1.807) is 12.4 Å². The van der Waals surface area contributed by atoms with E-state index in [1.165, 1.54) is 13.2 Å². The highest BCUT2D eigenvalue weighted by atomic mass is 19.1. The molecule has 0 atom stereocenters. The molecule has 0 aliphatic carbocycles. The largest absolute Gasteiger partial charge is 0.494 e. The lowest BCUT2D eigenvalue weighted by Crippen LogP contribution is -2.42. The van der Waals surface area contributed by atoms with E-state index in [-0.39, 0.29) is 17.0 Å². The zero-order valence-electron chi connectivity index (χ0n) is 18.7. The molecule has 8 nitrogen and oxygen atoms in total. The van der Waals surface area contributed by atoms with Gasteiger partial charge in [0, 0.05) is 24.1 Å². The fourth-order valence-corrected chi connectivity index (χ4v) is 4.52. The van der Waals surface area contributed by atoms with Gasteiger partial charge in [-0.15, -0.1) is 0 Å². The summed E-state index contributed by atoms with van der Waals surface area (Å²) in [7, 11) is 1.46. The van der Waals surface area contributed by atoms with Gasteiger partial charge in [-0.05, 0) is 44.9 Å². The van der Waals surface area contributed by atoms with E-state index in [4.69, 9.17) is 9.72 Å². The Bertz CT molecular complexity index is 1290. The summed E-state index contributed by atoms with van der Waals surface area (Å²) in [6.45, 7) is 7.85. The Morgan fingerprint density at radius 2 is 1.91 bits per heavy atom. The number of aryl methyl sites for hydroxylation is 2. The normalized spacial score (nSPS) is 16.0.